The molecule has 0 aliphatic carbocycles. The molecular formula is C2F4N2O2P-. The van der Waals surface area contributed by atoms with E-state index in [4.69, 9.17) is 9.59 Å². The van der Waals surface area contributed by atoms with Gasteiger partial charge in [0.2, 0.25) is 0 Å². The maximum absolute atomic E-state index is 11.7. The quantitative estimate of drug-likeness (QED) is 0.290. The molecule has 64 valence electrons. The Morgan fingerprint density at radius 1 is 0.909 bits per heavy atom. The molecule has 0 rings (SSSR count). The first-order chi connectivity index (χ1) is 4.62. The Morgan fingerprint density at radius 3 is 1.36 bits per heavy atom. The fourth-order valence-corrected chi connectivity index (χ4v) is 0.547. The molecule has 11 heavy (non-hydrogen) atoms. The van der Waals surface area contributed by atoms with E-state index in [1.165, 1.54) is 0 Å². The van der Waals surface area contributed by atoms with Crippen molar-refractivity contribution in [2.45, 2.75) is 0 Å². The van der Waals surface area contributed by atoms with Crippen LogP contribution in [0, 0.1) is 0 Å². The zero-order valence-corrected chi connectivity index (χ0v) is 5.56. The second-order valence-electron chi connectivity index (χ2n) is 1.46. The van der Waals surface area contributed by atoms with Crippen molar-refractivity contribution in [1.82, 2.24) is 0 Å². The van der Waals surface area contributed by atoms with Crippen molar-refractivity contribution >= 4 is 19.6 Å². The van der Waals surface area contributed by atoms with Gasteiger partial charge in [-0.2, -0.15) is 0 Å². The Balaban J connectivity index is 5.54. The molecule has 0 radical (unpaired) electrons. The van der Waals surface area contributed by atoms with Crippen molar-refractivity contribution < 1.29 is 26.4 Å². The van der Waals surface area contributed by atoms with E-state index < -0.39 is 7.49 Å². The SMILES string of the molecule is O=C=N[P-](F)(F)(F)(F)N=C=O. The van der Waals surface area contributed by atoms with Crippen molar-refractivity contribution in [1.29, 1.82) is 0 Å². The van der Waals surface area contributed by atoms with Gasteiger partial charge >= 0.3 is 55.6 Å². The number of carbonyl (C=O) groups excluding carboxylic acids is 2. The molecule has 0 amide bonds. The minimum atomic E-state index is -9.40. The van der Waals surface area contributed by atoms with Crippen LogP contribution < -0.4 is 0 Å². The summed E-state index contributed by atoms with van der Waals surface area (Å²) in [5, 5.41) is 0. The number of hydrogen-bond acceptors (Lipinski definition) is 4. The number of nitrogens with zero attached hydrogens (tertiary/aromatic N) is 2. The third kappa shape index (κ3) is 3.57. The topological polar surface area (TPSA) is 58.9 Å². The molecule has 0 unspecified atom stereocenters. The summed E-state index contributed by atoms with van der Waals surface area (Å²) >= 11 is 0. The van der Waals surface area contributed by atoms with Crippen LogP contribution in [0.3, 0.4) is 0 Å². The molecule has 0 N–H and O–H groups in total. The molecule has 0 atom stereocenters. The van der Waals surface area contributed by atoms with Crippen molar-refractivity contribution in [2.75, 3.05) is 0 Å². The van der Waals surface area contributed by atoms with E-state index in [1.807, 2.05) is 0 Å². The second kappa shape index (κ2) is 1.74. The summed E-state index contributed by atoms with van der Waals surface area (Å²) in [7, 11) is -9.40. The molecule has 0 aromatic carbocycles. The van der Waals surface area contributed by atoms with E-state index in [0.29, 0.717) is 0 Å². The molecule has 0 aliphatic heterocycles. The zero-order chi connectivity index (χ0) is 9.24. The molecule has 0 aromatic heterocycles. The molecule has 0 saturated carbocycles. The first-order valence-electron chi connectivity index (χ1n) is 1.93. The van der Waals surface area contributed by atoms with Crippen LogP contribution in [0.1, 0.15) is 0 Å². The Hall–Kier alpha value is -1.09. The molecular weight excluding hydrogens is 191 g/mol. The second-order valence-corrected chi connectivity index (χ2v) is 4.02. The average Bonchev–Trinajstić information content (AvgIpc) is 1.59. The Labute approximate surface area is 56.7 Å². The molecule has 0 aliphatic rings. The number of isocyanates is 2. The van der Waals surface area contributed by atoms with Gasteiger partial charge in [0, 0.05) is 0 Å². The van der Waals surface area contributed by atoms with E-state index in [1.54, 1.807) is 0 Å². The molecule has 0 bridgehead atoms. The first-order valence-corrected chi connectivity index (χ1v) is 4.08. The van der Waals surface area contributed by atoms with E-state index in [-0.39, 0.29) is 12.2 Å². The van der Waals surface area contributed by atoms with Gasteiger partial charge in [-0.05, 0) is 0 Å². The van der Waals surface area contributed by atoms with E-state index in [2.05, 4.69) is 0 Å². The molecule has 0 fully saturated rings. The van der Waals surface area contributed by atoms with E-state index in [0.717, 1.165) is 9.53 Å². The molecule has 0 spiro atoms. The third-order valence-corrected chi connectivity index (χ3v) is 1.42. The van der Waals surface area contributed by atoms with Crippen LogP contribution in [0.2, 0.25) is 0 Å². The molecule has 0 aromatic rings. The van der Waals surface area contributed by atoms with Gasteiger partial charge in [0.05, 0.1) is 0 Å². The average molecular weight is 191 g/mol. The number of hydrogen-bond donors (Lipinski definition) is 0. The monoisotopic (exact) mass is 191 g/mol. The summed E-state index contributed by atoms with van der Waals surface area (Å²) in [6.07, 6.45) is -0.126. The molecule has 4 nitrogen and oxygen atoms in total. The van der Waals surface area contributed by atoms with Gasteiger partial charge in [0.15, 0.2) is 0 Å². The Bertz CT molecular complexity index is 256. The van der Waals surface area contributed by atoms with Crippen LogP contribution in [0.4, 0.5) is 16.8 Å². The summed E-state index contributed by atoms with van der Waals surface area (Å²) in [4.78, 5) is 18.2. The van der Waals surface area contributed by atoms with Gasteiger partial charge in [-0.3, -0.25) is 0 Å². The molecule has 0 heterocycles. The Kier molecular flexibility index (Phi) is 1.57. The fraction of sp³-hybridized carbons (Fsp3) is 0. The van der Waals surface area contributed by atoms with Crippen LogP contribution in [-0.2, 0) is 9.59 Å². The number of rotatable bonds is 2. The number of halogens is 4. The van der Waals surface area contributed by atoms with Crippen molar-refractivity contribution in [3.05, 3.63) is 0 Å². The van der Waals surface area contributed by atoms with Gasteiger partial charge in [-0.25, -0.2) is 0 Å². The summed E-state index contributed by atoms with van der Waals surface area (Å²) in [6, 6.07) is 0. The van der Waals surface area contributed by atoms with Crippen molar-refractivity contribution in [3.63, 3.8) is 0 Å². The molecule has 0 saturated heterocycles. The van der Waals surface area contributed by atoms with Gasteiger partial charge in [0.1, 0.15) is 0 Å². The molecule has 9 heteroatoms. The normalized spacial score (nSPS) is 16.7. The van der Waals surface area contributed by atoms with Crippen molar-refractivity contribution in [3.8, 4) is 0 Å². The minimum absolute atomic E-state index is 0.0631. The fourth-order valence-electron chi connectivity index (χ4n) is 0.182. The van der Waals surface area contributed by atoms with Gasteiger partial charge in [-0.1, -0.05) is 0 Å². The first kappa shape index (κ1) is 9.91. The van der Waals surface area contributed by atoms with Gasteiger partial charge < -0.3 is 0 Å². The predicted molar refractivity (Wildman–Crippen MR) is 27.6 cm³/mol. The predicted octanol–water partition coefficient (Wildman–Crippen LogP) is 2.11. The summed E-state index contributed by atoms with van der Waals surface area (Å²) in [6.45, 7) is 0. The van der Waals surface area contributed by atoms with Crippen LogP contribution in [-0.4, -0.2) is 12.2 Å². The van der Waals surface area contributed by atoms with Gasteiger partial charge in [0.25, 0.3) is 0 Å². The van der Waals surface area contributed by atoms with Crippen LogP contribution in [0.25, 0.3) is 0 Å². The van der Waals surface area contributed by atoms with Crippen LogP contribution in [0.5, 0.6) is 0 Å². The standard InChI is InChI=1S/C2F4N2O2P/c3-11(4,5,6,7-1-9)8-2-10/q-1. The maximum atomic E-state index is 11.7. The van der Waals surface area contributed by atoms with Gasteiger partial charge in [-0.15, -0.1) is 0 Å². The van der Waals surface area contributed by atoms with E-state index >= 15 is 0 Å². The van der Waals surface area contributed by atoms with Crippen LogP contribution in [0.15, 0.2) is 9.53 Å². The van der Waals surface area contributed by atoms with E-state index in [9.17, 15) is 16.8 Å². The Morgan fingerprint density at radius 2 is 1.18 bits per heavy atom. The summed E-state index contributed by atoms with van der Waals surface area (Å²) < 4.78 is 48.9. The summed E-state index contributed by atoms with van der Waals surface area (Å²) in [5.74, 6) is 0. The third-order valence-electron chi connectivity index (χ3n) is 0.473. The van der Waals surface area contributed by atoms with Crippen molar-refractivity contribution in [2.24, 2.45) is 9.53 Å². The zero-order valence-electron chi connectivity index (χ0n) is 4.67. The summed E-state index contributed by atoms with van der Waals surface area (Å²) in [5.41, 5.74) is 0. The van der Waals surface area contributed by atoms with Crippen LogP contribution >= 0.6 is 7.49 Å².